The summed E-state index contributed by atoms with van der Waals surface area (Å²) in [5.74, 6) is -2.07. The van der Waals surface area contributed by atoms with Gasteiger partial charge in [-0.15, -0.1) is 0 Å². The van der Waals surface area contributed by atoms with Crippen molar-refractivity contribution in [3.05, 3.63) is 61.1 Å². The monoisotopic (exact) mass is 415 g/mol. The number of hydrogen-bond acceptors (Lipinski definition) is 5. The van der Waals surface area contributed by atoms with Crippen LogP contribution < -0.4 is 16.0 Å². The first kappa shape index (κ1) is 19.3. The number of benzene rings is 1. The molecular formula is C16H15ClFN3O5S. The molecule has 2 aromatic rings. The van der Waals surface area contributed by atoms with Crippen LogP contribution in [0.25, 0.3) is 5.69 Å². The molecule has 0 saturated heterocycles. The average Bonchev–Trinajstić information content (AvgIpc) is 3.39. The summed E-state index contributed by atoms with van der Waals surface area (Å²) in [5.41, 5.74) is -2.12. The van der Waals surface area contributed by atoms with Crippen molar-refractivity contribution in [2.45, 2.75) is 25.0 Å². The quantitative estimate of drug-likeness (QED) is 0.796. The normalized spacial score (nSPS) is 14.2. The number of amides is 1. The van der Waals surface area contributed by atoms with Crippen molar-refractivity contribution in [1.82, 2.24) is 13.9 Å². The predicted octanol–water partition coefficient (Wildman–Crippen LogP) is 0.859. The highest BCUT2D eigenvalue weighted by Crippen LogP contribution is 2.28. The second kappa shape index (κ2) is 6.61. The molecule has 1 amide bonds. The van der Waals surface area contributed by atoms with Crippen molar-refractivity contribution in [2.24, 2.45) is 7.05 Å². The molecular weight excluding hydrogens is 401 g/mol. The Hall–Kier alpha value is -2.46. The van der Waals surface area contributed by atoms with Crippen LogP contribution >= 0.6 is 11.6 Å². The SMILES string of the molecule is Cc1cc(=O)n(-c2cc(C(=O)NS(=O)(=O)C3CC3)c(Cl)cc2F)c(=O)n1C. The van der Waals surface area contributed by atoms with E-state index in [1.165, 1.54) is 14.0 Å². The van der Waals surface area contributed by atoms with Gasteiger partial charge in [0.1, 0.15) is 5.82 Å². The van der Waals surface area contributed by atoms with Gasteiger partial charge in [-0.2, -0.15) is 0 Å². The molecule has 1 aliphatic rings. The number of nitrogens with one attached hydrogen (secondary N) is 1. The Balaban J connectivity index is 2.14. The van der Waals surface area contributed by atoms with E-state index in [4.69, 9.17) is 11.6 Å². The molecule has 1 saturated carbocycles. The third-order valence-corrected chi connectivity index (χ3v) is 6.41. The summed E-state index contributed by atoms with van der Waals surface area (Å²) in [6.45, 7) is 1.53. The highest BCUT2D eigenvalue weighted by molar-refractivity contribution is 7.91. The van der Waals surface area contributed by atoms with Gasteiger partial charge in [0.15, 0.2) is 0 Å². The van der Waals surface area contributed by atoms with Crippen LogP contribution in [0.2, 0.25) is 5.02 Å². The van der Waals surface area contributed by atoms with Gasteiger partial charge >= 0.3 is 5.69 Å². The standard InChI is InChI=1S/C16H15ClFN3O5S/c1-8-5-14(22)21(16(24)20(8)2)13-6-10(11(17)7-12(13)18)15(23)19-27(25,26)9-3-4-9/h5-7,9H,3-4H2,1-2H3,(H,19,23). The van der Waals surface area contributed by atoms with Gasteiger partial charge in [-0.25, -0.2) is 26.9 Å². The van der Waals surface area contributed by atoms with Crippen LogP contribution in [0.15, 0.2) is 27.8 Å². The summed E-state index contributed by atoms with van der Waals surface area (Å²) in [5, 5.41) is -0.996. The summed E-state index contributed by atoms with van der Waals surface area (Å²) in [4.78, 5) is 36.9. The molecule has 0 radical (unpaired) electrons. The Kier molecular flexibility index (Phi) is 4.73. The van der Waals surface area contributed by atoms with E-state index in [0.717, 1.165) is 22.8 Å². The molecule has 8 nitrogen and oxygen atoms in total. The van der Waals surface area contributed by atoms with Crippen molar-refractivity contribution < 1.29 is 17.6 Å². The molecule has 0 bridgehead atoms. The summed E-state index contributed by atoms with van der Waals surface area (Å²) < 4.78 is 41.8. The zero-order chi connectivity index (χ0) is 20.1. The molecule has 0 spiro atoms. The number of aromatic nitrogens is 2. The summed E-state index contributed by atoms with van der Waals surface area (Å²) in [6.07, 6.45) is 0.889. The minimum absolute atomic E-state index is 0.350. The maximum absolute atomic E-state index is 14.4. The van der Waals surface area contributed by atoms with Gasteiger partial charge in [-0.1, -0.05) is 11.6 Å². The van der Waals surface area contributed by atoms with Crippen molar-refractivity contribution in [3.8, 4) is 5.69 Å². The number of sulfonamides is 1. The number of nitrogens with zero attached hydrogens (tertiary/aromatic N) is 2. The molecule has 3 rings (SSSR count). The first-order chi connectivity index (χ1) is 12.5. The summed E-state index contributed by atoms with van der Waals surface area (Å²) >= 11 is 5.88. The van der Waals surface area contributed by atoms with Gasteiger partial charge in [0.25, 0.3) is 11.5 Å². The highest BCUT2D eigenvalue weighted by Gasteiger charge is 2.37. The minimum atomic E-state index is -3.85. The molecule has 1 aromatic carbocycles. The van der Waals surface area contributed by atoms with Gasteiger partial charge in [-0.05, 0) is 31.9 Å². The van der Waals surface area contributed by atoms with Gasteiger partial charge < -0.3 is 4.57 Å². The van der Waals surface area contributed by atoms with Gasteiger partial charge in [0, 0.05) is 18.8 Å². The number of carbonyl (C=O) groups excluding carboxylic acids is 1. The molecule has 0 unspecified atom stereocenters. The fourth-order valence-corrected chi connectivity index (χ4v) is 4.01. The average molecular weight is 416 g/mol. The number of rotatable bonds is 4. The highest BCUT2D eigenvalue weighted by atomic mass is 35.5. The van der Waals surface area contributed by atoms with Crippen LogP contribution in [-0.2, 0) is 17.1 Å². The third-order valence-electron chi connectivity index (χ3n) is 4.28. The van der Waals surface area contributed by atoms with E-state index in [2.05, 4.69) is 0 Å². The Bertz CT molecular complexity index is 1180. The molecule has 144 valence electrons. The van der Waals surface area contributed by atoms with Crippen LogP contribution in [0, 0.1) is 12.7 Å². The molecule has 27 heavy (non-hydrogen) atoms. The van der Waals surface area contributed by atoms with Crippen molar-refractivity contribution in [1.29, 1.82) is 0 Å². The lowest BCUT2D eigenvalue weighted by Crippen LogP contribution is -2.39. The Labute approximate surface area is 158 Å². The Morgan fingerprint density at radius 1 is 1.26 bits per heavy atom. The maximum Gasteiger partial charge on any atom is 0.335 e. The van der Waals surface area contributed by atoms with Crippen molar-refractivity contribution >= 4 is 27.5 Å². The smallest absolute Gasteiger partial charge is 0.301 e. The predicted molar refractivity (Wildman–Crippen MR) is 96.4 cm³/mol. The molecule has 1 aromatic heterocycles. The molecule has 1 N–H and O–H groups in total. The second-order valence-corrected chi connectivity index (χ2v) is 8.63. The van der Waals surface area contributed by atoms with Crippen LogP contribution in [0.4, 0.5) is 4.39 Å². The molecule has 11 heteroatoms. The molecule has 1 fully saturated rings. The fourth-order valence-electron chi connectivity index (χ4n) is 2.49. The van der Waals surface area contributed by atoms with Gasteiger partial charge in [-0.3, -0.25) is 9.59 Å². The van der Waals surface area contributed by atoms with Crippen molar-refractivity contribution in [3.63, 3.8) is 0 Å². The molecule has 0 aliphatic heterocycles. The Morgan fingerprint density at radius 2 is 1.89 bits per heavy atom. The van der Waals surface area contributed by atoms with Gasteiger partial charge in [0.05, 0.1) is 21.5 Å². The molecule has 0 atom stereocenters. The second-order valence-electron chi connectivity index (χ2n) is 6.26. The number of halogens is 2. The van der Waals surface area contributed by atoms with Crippen LogP contribution in [0.5, 0.6) is 0 Å². The van der Waals surface area contributed by atoms with E-state index < -0.39 is 43.9 Å². The minimum Gasteiger partial charge on any atom is -0.301 e. The van der Waals surface area contributed by atoms with E-state index in [1.807, 2.05) is 4.72 Å². The lowest BCUT2D eigenvalue weighted by Gasteiger charge is -2.13. The Morgan fingerprint density at radius 3 is 2.48 bits per heavy atom. The zero-order valence-electron chi connectivity index (χ0n) is 14.3. The van der Waals surface area contributed by atoms with Crippen LogP contribution in [-0.4, -0.2) is 28.7 Å². The number of aryl methyl sites for hydroxylation is 1. The zero-order valence-corrected chi connectivity index (χ0v) is 15.9. The third kappa shape index (κ3) is 3.54. The van der Waals surface area contributed by atoms with E-state index >= 15 is 0 Å². The van der Waals surface area contributed by atoms with E-state index in [9.17, 15) is 27.2 Å². The van der Waals surface area contributed by atoms with E-state index in [0.29, 0.717) is 23.1 Å². The van der Waals surface area contributed by atoms with Gasteiger partial charge in [0.2, 0.25) is 10.0 Å². The van der Waals surface area contributed by atoms with E-state index in [-0.39, 0.29) is 10.6 Å². The first-order valence-electron chi connectivity index (χ1n) is 7.88. The van der Waals surface area contributed by atoms with Crippen LogP contribution in [0.1, 0.15) is 28.9 Å². The molecule has 1 aliphatic carbocycles. The lowest BCUT2D eigenvalue weighted by atomic mass is 10.1. The van der Waals surface area contributed by atoms with Crippen LogP contribution in [0.3, 0.4) is 0 Å². The topological polar surface area (TPSA) is 107 Å². The summed E-state index contributed by atoms with van der Waals surface area (Å²) in [6, 6.07) is 2.77. The summed E-state index contributed by atoms with van der Waals surface area (Å²) in [7, 11) is -2.45. The maximum atomic E-state index is 14.4. The van der Waals surface area contributed by atoms with Crippen molar-refractivity contribution in [2.75, 3.05) is 0 Å². The largest absolute Gasteiger partial charge is 0.335 e. The lowest BCUT2D eigenvalue weighted by molar-refractivity contribution is 0.0981. The molecule has 1 heterocycles. The fraction of sp³-hybridized carbons (Fsp3) is 0.312. The first-order valence-corrected chi connectivity index (χ1v) is 9.80. The number of carbonyl (C=O) groups is 1. The van der Waals surface area contributed by atoms with E-state index in [1.54, 1.807) is 0 Å². The number of hydrogen-bond donors (Lipinski definition) is 1.